The van der Waals surface area contributed by atoms with Gasteiger partial charge in [-0.25, -0.2) is 0 Å². The third-order valence-corrected chi connectivity index (χ3v) is 7.66. The zero-order valence-electron chi connectivity index (χ0n) is 25.7. The number of rotatable bonds is 8. The van der Waals surface area contributed by atoms with Crippen LogP contribution >= 0.6 is 0 Å². The molecule has 3 N–H and O–H groups in total. The van der Waals surface area contributed by atoms with E-state index in [1.165, 1.54) is 0 Å². The number of nitrogens with zero attached hydrogens (tertiary/aromatic N) is 7. The Kier molecular flexibility index (Phi) is 7.75. The standard InChI is InChI=1S/C32H31F3N10O2/c1-18-14-45(15-19(2)47-18)27-12-28(46-17-32(33,34)35)26(11-23(27)20-13-39-44(3)16-20)41-31-42-29-22(6-7-38-29)30(43-31)40-21-4-5-24-25(10-21)37-9-8-36-24/h4-13,16,18-19H,14-15,17H2,1-3H3,(H3,38,40,41,42,43)/t18-,19+. The van der Waals surface area contributed by atoms with Crippen LogP contribution in [0.25, 0.3) is 33.2 Å². The minimum Gasteiger partial charge on any atom is -0.482 e. The summed E-state index contributed by atoms with van der Waals surface area (Å²) in [7, 11) is 1.80. The fraction of sp³-hybridized carbons (Fsp3) is 0.281. The molecule has 0 saturated carbocycles. The second-order valence-electron chi connectivity index (χ2n) is 11.5. The number of aryl methyl sites for hydroxylation is 1. The van der Waals surface area contributed by atoms with Crippen molar-refractivity contribution in [1.82, 2.24) is 34.7 Å². The third-order valence-electron chi connectivity index (χ3n) is 7.66. The molecule has 12 nitrogen and oxygen atoms in total. The summed E-state index contributed by atoms with van der Waals surface area (Å²) in [4.78, 5) is 23.2. The van der Waals surface area contributed by atoms with Crippen molar-refractivity contribution in [2.45, 2.75) is 32.2 Å². The molecule has 7 rings (SSSR count). The van der Waals surface area contributed by atoms with Gasteiger partial charge in [-0.1, -0.05) is 0 Å². The number of ether oxygens (including phenoxy) is 2. The van der Waals surface area contributed by atoms with Crippen LogP contribution in [-0.2, 0) is 11.8 Å². The third kappa shape index (κ3) is 6.60. The van der Waals surface area contributed by atoms with Crippen molar-refractivity contribution < 1.29 is 22.6 Å². The number of halogens is 3. The number of fused-ring (bicyclic) bond motifs is 2. The molecule has 0 aliphatic carbocycles. The van der Waals surface area contributed by atoms with Crippen molar-refractivity contribution in [3.63, 3.8) is 0 Å². The van der Waals surface area contributed by atoms with E-state index in [0.717, 1.165) is 22.3 Å². The van der Waals surface area contributed by atoms with Crippen LogP contribution in [0, 0.1) is 0 Å². The Bertz CT molecular complexity index is 2050. The summed E-state index contributed by atoms with van der Waals surface area (Å²) in [6.07, 6.45) is 3.82. The van der Waals surface area contributed by atoms with E-state index in [0.29, 0.717) is 41.1 Å². The zero-order chi connectivity index (χ0) is 32.7. The SMILES string of the molecule is C[C@@H]1CN(c2cc(OCC(F)(F)F)c(Nc3nc(Nc4ccc5nccnc5c4)c4cc[nH]c4n3)cc2-c2cnn(C)c2)C[C@H](C)O1. The number of hydrogen-bond acceptors (Lipinski definition) is 10. The van der Waals surface area contributed by atoms with Gasteiger partial charge in [0.1, 0.15) is 17.2 Å². The Morgan fingerprint density at radius 1 is 1.00 bits per heavy atom. The lowest BCUT2D eigenvalue weighted by Gasteiger charge is -2.38. The average molecular weight is 645 g/mol. The predicted octanol–water partition coefficient (Wildman–Crippen LogP) is 6.34. The molecule has 47 heavy (non-hydrogen) atoms. The van der Waals surface area contributed by atoms with Crippen LogP contribution in [0.3, 0.4) is 0 Å². The Labute approximate surface area is 267 Å². The first kappa shape index (κ1) is 30.2. The van der Waals surface area contributed by atoms with Gasteiger partial charge in [0.25, 0.3) is 0 Å². The maximum Gasteiger partial charge on any atom is 0.422 e. The second kappa shape index (κ2) is 12.1. The zero-order valence-corrected chi connectivity index (χ0v) is 25.7. The molecule has 2 aromatic carbocycles. The lowest BCUT2D eigenvalue weighted by molar-refractivity contribution is -0.153. The Morgan fingerprint density at radius 3 is 2.53 bits per heavy atom. The fourth-order valence-corrected chi connectivity index (χ4v) is 5.76. The second-order valence-corrected chi connectivity index (χ2v) is 11.5. The quantitative estimate of drug-likeness (QED) is 0.172. The van der Waals surface area contributed by atoms with Crippen LogP contribution in [0.1, 0.15) is 13.8 Å². The number of H-pyrrole nitrogens is 1. The molecule has 2 atom stereocenters. The van der Waals surface area contributed by atoms with Gasteiger partial charge < -0.3 is 30.0 Å². The molecule has 0 bridgehead atoms. The number of nitrogens with one attached hydrogen (secondary N) is 3. The van der Waals surface area contributed by atoms with Crippen LogP contribution in [0.5, 0.6) is 5.75 Å². The van der Waals surface area contributed by atoms with Crippen LogP contribution < -0.4 is 20.3 Å². The van der Waals surface area contributed by atoms with E-state index in [2.05, 4.69) is 40.6 Å². The minimum absolute atomic E-state index is 0.00504. The number of alkyl halides is 3. The van der Waals surface area contributed by atoms with E-state index in [9.17, 15) is 13.2 Å². The highest BCUT2D eigenvalue weighted by Crippen LogP contribution is 2.42. The van der Waals surface area contributed by atoms with E-state index in [1.807, 2.05) is 44.3 Å². The summed E-state index contributed by atoms with van der Waals surface area (Å²) in [6.45, 7) is 3.55. The van der Waals surface area contributed by atoms with Gasteiger partial charge in [-0.15, -0.1) is 0 Å². The molecule has 0 spiro atoms. The molecule has 6 aromatic rings. The molecule has 0 unspecified atom stereocenters. The number of hydrogen-bond donors (Lipinski definition) is 3. The van der Waals surface area contributed by atoms with Crippen LogP contribution in [0.2, 0.25) is 0 Å². The smallest absolute Gasteiger partial charge is 0.422 e. The van der Waals surface area contributed by atoms with Gasteiger partial charge in [0, 0.05) is 73.5 Å². The monoisotopic (exact) mass is 644 g/mol. The van der Waals surface area contributed by atoms with Crippen molar-refractivity contribution in [3.8, 4) is 16.9 Å². The molecule has 1 aliphatic rings. The van der Waals surface area contributed by atoms with E-state index in [1.54, 1.807) is 48.6 Å². The van der Waals surface area contributed by atoms with Gasteiger partial charge in [-0.2, -0.15) is 28.2 Å². The number of aromatic amines is 1. The van der Waals surface area contributed by atoms with Crippen molar-refractivity contribution in [2.75, 3.05) is 35.2 Å². The molecular weight excluding hydrogens is 613 g/mol. The van der Waals surface area contributed by atoms with Crippen molar-refractivity contribution in [2.24, 2.45) is 7.05 Å². The van der Waals surface area contributed by atoms with E-state index < -0.39 is 12.8 Å². The Morgan fingerprint density at radius 2 is 1.79 bits per heavy atom. The van der Waals surface area contributed by atoms with E-state index in [4.69, 9.17) is 14.5 Å². The van der Waals surface area contributed by atoms with E-state index >= 15 is 0 Å². The highest BCUT2D eigenvalue weighted by Gasteiger charge is 2.31. The first-order valence-electron chi connectivity index (χ1n) is 14.9. The molecule has 0 amide bonds. The highest BCUT2D eigenvalue weighted by molar-refractivity contribution is 5.92. The maximum atomic E-state index is 13.5. The van der Waals surface area contributed by atoms with Crippen molar-refractivity contribution >= 4 is 50.9 Å². The molecule has 242 valence electrons. The Hall–Kier alpha value is -5.44. The molecule has 1 aliphatic heterocycles. The fourth-order valence-electron chi connectivity index (χ4n) is 5.76. The van der Waals surface area contributed by atoms with Gasteiger partial charge in [-0.05, 0) is 44.2 Å². The van der Waals surface area contributed by atoms with Crippen molar-refractivity contribution in [1.29, 1.82) is 0 Å². The number of morpholine rings is 1. The predicted molar refractivity (Wildman–Crippen MR) is 172 cm³/mol. The lowest BCUT2D eigenvalue weighted by Crippen LogP contribution is -2.45. The van der Waals surface area contributed by atoms with Crippen molar-refractivity contribution in [3.05, 3.63) is 67.4 Å². The molecule has 5 heterocycles. The summed E-state index contributed by atoms with van der Waals surface area (Å²) < 4.78 is 53.5. The van der Waals surface area contributed by atoms with Gasteiger partial charge in [0.05, 0.1) is 40.5 Å². The first-order valence-corrected chi connectivity index (χ1v) is 14.9. The maximum absolute atomic E-state index is 13.5. The summed E-state index contributed by atoms with van der Waals surface area (Å²) >= 11 is 0. The molecule has 1 saturated heterocycles. The summed E-state index contributed by atoms with van der Waals surface area (Å²) in [5.41, 5.74) is 5.17. The lowest BCUT2D eigenvalue weighted by atomic mass is 10.0. The normalized spacial score (nSPS) is 16.9. The van der Waals surface area contributed by atoms with E-state index in [-0.39, 0.29) is 29.6 Å². The van der Waals surface area contributed by atoms with Crippen LogP contribution in [-0.4, -0.2) is 72.8 Å². The molecule has 1 fully saturated rings. The Balaban J connectivity index is 1.31. The minimum atomic E-state index is -4.55. The van der Waals surface area contributed by atoms with Crippen LogP contribution in [0.15, 0.2) is 67.4 Å². The van der Waals surface area contributed by atoms with Gasteiger partial charge in [-0.3, -0.25) is 14.6 Å². The first-order chi connectivity index (χ1) is 22.6. The topological polar surface area (TPSA) is 131 Å². The molecule has 4 aromatic heterocycles. The average Bonchev–Trinajstić information content (AvgIpc) is 3.68. The number of benzene rings is 2. The summed E-state index contributed by atoms with van der Waals surface area (Å²) in [5, 5.41) is 11.5. The van der Waals surface area contributed by atoms with Crippen LogP contribution in [0.4, 0.5) is 42.0 Å². The summed E-state index contributed by atoms with van der Waals surface area (Å²) in [6, 6.07) is 10.8. The van der Waals surface area contributed by atoms with Gasteiger partial charge in [0.15, 0.2) is 6.61 Å². The largest absolute Gasteiger partial charge is 0.482 e. The summed E-state index contributed by atoms with van der Waals surface area (Å²) in [5.74, 6) is 0.605. The highest BCUT2D eigenvalue weighted by atomic mass is 19.4. The number of aromatic nitrogens is 7. The molecule has 0 radical (unpaired) electrons. The molecule has 15 heteroatoms. The number of anilines is 5. The van der Waals surface area contributed by atoms with Gasteiger partial charge >= 0.3 is 6.18 Å². The van der Waals surface area contributed by atoms with Gasteiger partial charge in [0.2, 0.25) is 5.95 Å². The molecular formula is C32H31F3N10O2.